The molecule has 0 bridgehead atoms. The molecule has 0 aliphatic heterocycles. The molecular formula is C15H13F3O. The van der Waals surface area contributed by atoms with Gasteiger partial charge in [-0.15, -0.1) is 0 Å². The lowest BCUT2D eigenvalue weighted by atomic mass is 9.83. The van der Waals surface area contributed by atoms with Crippen molar-refractivity contribution in [2.45, 2.75) is 18.9 Å². The molecule has 2 rings (SSSR count). The van der Waals surface area contributed by atoms with Crippen LogP contribution in [0.5, 0.6) is 0 Å². The van der Waals surface area contributed by atoms with Gasteiger partial charge in [0.05, 0.1) is 0 Å². The minimum Gasteiger partial charge on any atom is -0.380 e. The number of hydrogen-bond acceptors (Lipinski definition) is 1. The lowest BCUT2D eigenvalue weighted by Crippen LogP contribution is -2.29. The van der Waals surface area contributed by atoms with E-state index in [0.717, 1.165) is 12.1 Å². The van der Waals surface area contributed by atoms with E-state index in [1.54, 1.807) is 13.0 Å². The molecule has 19 heavy (non-hydrogen) atoms. The molecular weight excluding hydrogens is 253 g/mol. The Labute approximate surface area is 109 Å². The molecule has 0 fully saturated rings. The highest BCUT2D eigenvalue weighted by molar-refractivity contribution is 5.37. The van der Waals surface area contributed by atoms with Gasteiger partial charge in [0.15, 0.2) is 0 Å². The quantitative estimate of drug-likeness (QED) is 0.897. The van der Waals surface area contributed by atoms with E-state index in [4.69, 9.17) is 0 Å². The molecule has 0 aliphatic carbocycles. The number of hydrogen-bond donors (Lipinski definition) is 1. The fourth-order valence-corrected chi connectivity index (χ4v) is 2.15. The molecule has 1 N–H and O–H groups in total. The summed E-state index contributed by atoms with van der Waals surface area (Å²) in [5.41, 5.74) is -1.98. The second kappa shape index (κ2) is 5.05. The van der Waals surface area contributed by atoms with Crippen LogP contribution >= 0.6 is 0 Å². The number of halogens is 3. The maximum Gasteiger partial charge on any atom is 0.132 e. The van der Waals surface area contributed by atoms with E-state index < -0.39 is 23.1 Å². The summed E-state index contributed by atoms with van der Waals surface area (Å²) < 4.78 is 40.6. The van der Waals surface area contributed by atoms with Gasteiger partial charge in [-0.2, -0.15) is 0 Å². The van der Waals surface area contributed by atoms with Gasteiger partial charge in [-0.3, -0.25) is 0 Å². The van der Waals surface area contributed by atoms with Crippen molar-refractivity contribution in [1.82, 2.24) is 0 Å². The van der Waals surface area contributed by atoms with Crippen molar-refractivity contribution in [1.29, 1.82) is 0 Å². The molecule has 1 unspecified atom stereocenters. The minimum absolute atomic E-state index is 0.0250. The third kappa shape index (κ3) is 2.36. The largest absolute Gasteiger partial charge is 0.380 e. The zero-order valence-corrected chi connectivity index (χ0v) is 10.3. The summed E-state index contributed by atoms with van der Waals surface area (Å²) in [5.74, 6) is -2.27. The van der Waals surface area contributed by atoms with Crippen LogP contribution in [0.1, 0.15) is 24.5 Å². The summed E-state index contributed by atoms with van der Waals surface area (Å²) >= 11 is 0. The molecule has 100 valence electrons. The fraction of sp³-hybridized carbons (Fsp3) is 0.200. The molecule has 0 spiro atoms. The molecule has 2 aromatic carbocycles. The smallest absolute Gasteiger partial charge is 0.132 e. The Kier molecular flexibility index (Phi) is 3.62. The lowest BCUT2D eigenvalue weighted by molar-refractivity contribution is 0.0686. The predicted molar refractivity (Wildman–Crippen MR) is 66.0 cm³/mol. The third-order valence-electron chi connectivity index (χ3n) is 3.21. The molecule has 4 heteroatoms. The first kappa shape index (κ1) is 13.6. The highest BCUT2D eigenvalue weighted by Gasteiger charge is 2.34. The van der Waals surface area contributed by atoms with Gasteiger partial charge in [-0.25, -0.2) is 13.2 Å². The van der Waals surface area contributed by atoms with E-state index in [9.17, 15) is 18.3 Å². The van der Waals surface area contributed by atoms with Gasteiger partial charge >= 0.3 is 0 Å². The van der Waals surface area contributed by atoms with Gasteiger partial charge in [0.1, 0.15) is 23.1 Å². The molecule has 0 saturated heterocycles. The topological polar surface area (TPSA) is 20.2 Å². The van der Waals surface area contributed by atoms with Crippen molar-refractivity contribution in [3.8, 4) is 0 Å². The predicted octanol–water partition coefficient (Wildman–Crippen LogP) is 3.75. The van der Waals surface area contributed by atoms with Gasteiger partial charge in [0.2, 0.25) is 0 Å². The van der Waals surface area contributed by atoms with Crippen molar-refractivity contribution < 1.29 is 18.3 Å². The first-order valence-electron chi connectivity index (χ1n) is 5.92. The van der Waals surface area contributed by atoms with Crippen LogP contribution in [0.25, 0.3) is 0 Å². The van der Waals surface area contributed by atoms with Gasteiger partial charge < -0.3 is 5.11 Å². The van der Waals surface area contributed by atoms with Gasteiger partial charge in [0, 0.05) is 17.2 Å². The number of benzene rings is 2. The molecule has 0 aromatic heterocycles. The van der Waals surface area contributed by atoms with Gasteiger partial charge in [-0.1, -0.05) is 25.1 Å². The minimum atomic E-state index is -1.82. The van der Waals surface area contributed by atoms with E-state index in [2.05, 4.69) is 0 Å². The number of aliphatic hydroxyl groups is 1. The summed E-state index contributed by atoms with van der Waals surface area (Å²) in [6.07, 6.45) is 0.0660. The van der Waals surface area contributed by atoms with Crippen molar-refractivity contribution in [2.24, 2.45) is 0 Å². The molecule has 1 nitrogen and oxygen atoms in total. The molecule has 0 radical (unpaired) electrons. The zero-order valence-electron chi connectivity index (χ0n) is 10.3. The lowest BCUT2D eigenvalue weighted by Gasteiger charge is -2.28. The molecule has 0 heterocycles. The van der Waals surface area contributed by atoms with Crippen LogP contribution in [-0.2, 0) is 5.60 Å². The van der Waals surface area contributed by atoms with E-state index in [0.29, 0.717) is 6.07 Å². The van der Waals surface area contributed by atoms with E-state index >= 15 is 0 Å². The Morgan fingerprint density at radius 3 is 2.16 bits per heavy atom. The Bertz CT molecular complexity index is 598. The van der Waals surface area contributed by atoms with E-state index in [-0.39, 0.29) is 17.5 Å². The van der Waals surface area contributed by atoms with Crippen LogP contribution in [0.3, 0.4) is 0 Å². The Morgan fingerprint density at radius 2 is 1.58 bits per heavy atom. The van der Waals surface area contributed by atoms with E-state index in [1.807, 2.05) is 0 Å². The highest BCUT2D eigenvalue weighted by Crippen LogP contribution is 2.35. The van der Waals surface area contributed by atoms with Crippen LogP contribution in [0.15, 0.2) is 42.5 Å². The first-order valence-corrected chi connectivity index (χ1v) is 5.92. The van der Waals surface area contributed by atoms with Crippen molar-refractivity contribution in [2.75, 3.05) is 0 Å². The SMILES string of the molecule is CCC(O)(c1ccccc1F)c1ccc(F)cc1F. The van der Waals surface area contributed by atoms with Gasteiger partial charge in [-0.05, 0) is 24.6 Å². The maximum absolute atomic E-state index is 13.8. The summed E-state index contributed by atoms with van der Waals surface area (Å²) in [5, 5.41) is 10.6. The molecule has 0 amide bonds. The molecule has 0 aliphatic rings. The third-order valence-corrected chi connectivity index (χ3v) is 3.21. The Morgan fingerprint density at radius 1 is 0.947 bits per heavy atom. The fourth-order valence-electron chi connectivity index (χ4n) is 2.15. The zero-order chi connectivity index (χ0) is 14.0. The van der Waals surface area contributed by atoms with Crippen molar-refractivity contribution in [3.63, 3.8) is 0 Å². The van der Waals surface area contributed by atoms with E-state index in [1.165, 1.54) is 18.2 Å². The Balaban J connectivity index is 2.63. The highest BCUT2D eigenvalue weighted by atomic mass is 19.1. The number of rotatable bonds is 3. The van der Waals surface area contributed by atoms with Crippen LogP contribution in [0, 0.1) is 17.5 Å². The molecule has 1 atom stereocenters. The van der Waals surface area contributed by atoms with Crippen molar-refractivity contribution >= 4 is 0 Å². The monoisotopic (exact) mass is 266 g/mol. The van der Waals surface area contributed by atoms with Gasteiger partial charge in [0.25, 0.3) is 0 Å². The summed E-state index contributed by atoms with van der Waals surface area (Å²) in [6.45, 7) is 1.61. The summed E-state index contributed by atoms with van der Waals surface area (Å²) in [4.78, 5) is 0. The average molecular weight is 266 g/mol. The molecule has 0 saturated carbocycles. The molecule has 2 aromatic rings. The Hall–Kier alpha value is -1.81. The summed E-state index contributed by atoms with van der Waals surface area (Å²) in [6, 6.07) is 8.48. The van der Waals surface area contributed by atoms with Crippen LogP contribution in [0.4, 0.5) is 13.2 Å². The van der Waals surface area contributed by atoms with Crippen LogP contribution in [0.2, 0.25) is 0 Å². The second-order valence-corrected chi connectivity index (χ2v) is 4.32. The maximum atomic E-state index is 13.8. The summed E-state index contributed by atoms with van der Waals surface area (Å²) in [7, 11) is 0. The first-order chi connectivity index (χ1) is 8.99. The van der Waals surface area contributed by atoms with Crippen LogP contribution < -0.4 is 0 Å². The standard InChI is InChI=1S/C15H13F3O/c1-2-15(19,11-5-3-4-6-13(11)17)12-8-7-10(16)9-14(12)18/h3-9,19H,2H2,1H3. The average Bonchev–Trinajstić information content (AvgIpc) is 2.38. The van der Waals surface area contributed by atoms with Crippen LogP contribution in [-0.4, -0.2) is 5.11 Å². The normalized spacial score (nSPS) is 14.2. The van der Waals surface area contributed by atoms with Crippen molar-refractivity contribution in [3.05, 3.63) is 71.0 Å². The second-order valence-electron chi connectivity index (χ2n) is 4.32.